The van der Waals surface area contributed by atoms with Gasteiger partial charge in [-0.1, -0.05) is 18.7 Å². The highest BCUT2D eigenvalue weighted by Crippen LogP contribution is 2.36. The van der Waals surface area contributed by atoms with Crippen molar-refractivity contribution in [2.75, 3.05) is 0 Å². The van der Waals surface area contributed by atoms with Gasteiger partial charge in [-0.25, -0.2) is 4.98 Å². The zero-order valence-electron chi connectivity index (χ0n) is 14.5. The predicted octanol–water partition coefficient (Wildman–Crippen LogP) is 3.59. The van der Waals surface area contributed by atoms with Gasteiger partial charge in [-0.2, -0.15) is 0 Å². The van der Waals surface area contributed by atoms with Crippen molar-refractivity contribution in [3.8, 4) is 0 Å². The first kappa shape index (κ1) is 16.8. The molecule has 0 amide bonds. The molecule has 0 N–H and O–H groups in total. The monoisotopic (exact) mass is 376 g/mol. The maximum absolute atomic E-state index is 13.1. The molecular formula is C17H20N4O2S2. The van der Waals surface area contributed by atoms with Crippen LogP contribution in [0.4, 0.5) is 0 Å². The van der Waals surface area contributed by atoms with Crippen LogP contribution in [0.5, 0.6) is 0 Å². The van der Waals surface area contributed by atoms with Gasteiger partial charge < -0.3 is 4.42 Å². The summed E-state index contributed by atoms with van der Waals surface area (Å²) in [6.45, 7) is 6.63. The number of aromatic nitrogens is 4. The summed E-state index contributed by atoms with van der Waals surface area (Å²) in [5.41, 5.74) is 1.32. The lowest BCUT2D eigenvalue weighted by Gasteiger charge is -2.17. The number of hydrogen-bond donors (Lipinski definition) is 0. The lowest BCUT2D eigenvalue weighted by molar-refractivity contribution is 0.485. The molecule has 132 valence electrons. The molecule has 0 radical (unpaired) electrons. The number of rotatable bonds is 4. The molecule has 0 aliphatic heterocycles. The second-order valence-electron chi connectivity index (χ2n) is 6.48. The van der Waals surface area contributed by atoms with Gasteiger partial charge in [0.1, 0.15) is 4.83 Å². The van der Waals surface area contributed by atoms with E-state index in [0.717, 1.165) is 34.6 Å². The van der Waals surface area contributed by atoms with Crippen LogP contribution < -0.4 is 5.56 Å². The number of nitrogens with zero attached hydrogens (tertiary/aromatic N) is 4. The number of fused-ring (bicyclic) bond motifs is 3. The minimum absolute atomic E-state index is 0.0868. The molecule has 3 aromatic rings. The van der Waals surface area contributed by atoms with Crippen molar-refractivity contribution < 1.29 is 4.42 Å². The Kier molecular flexibility index (Phi) is 4.41. The van der Waals surface area contributed by atoms with Gasteiger partial charge in [0.05, 0.1) is 11.1 Å². The van der Waals surface area contributed by atoms with Gasteiger partial charge in [0.2, 0.25) is 11.8 Å². The topological polar surface area (TPSA) is 73.8 Å². The summed E-state index contributed by atoms with van der Waals surface area (Å²) < 4.78 is 7.18. The minimum atomic E-state index is 0.0868. The number of aryl methyl sites for hydroxylation is 2. The van der Waals surface area contributed by atoms with Crippen LogP contribution in [0.25, 0.3) is 10.2 Å². The molecule has 1 aliphatic rings. The van der Waals surface area contributed by atoms with Gasteiger partial charge in [-0.3, -0.25) is 9.36 Å². The van der Waals surface area contributed by atoms with Crippen molar-refractivity contribution in [2.24, 2.45) is 5.92 Å². The molecule has 8 heteroatoms. The van der Waals surface area contributed by atoms with Crippen molar-refractivity contribution in [1.82, 2.24) is 19.7 Å². The molecule has 0 saturated carbocycles. The van der Waals surface area contributed by atoms with Gasteiger partial charge in [0.15, 0.2) is 5.16 Å². The van der Waals surface area contributed by atoms with Crippen LogP contribution in [-0.2, 0) is 25.1 Å². The second-order valence-corrected chi connectivity index (χ2v) is 8.51. The first-order chi connectivity index (χ1) is 12.1. The minimum Gasteiger partial charge on any atom is -0.425 e. The fourth-order valence-electron chi connectivity index (χ4n) is 3.32. The van der Waals surface area contributed by atoms with Gasteiger partial charge in [-0.05, 0) is 37.7 Å². The molecule has 0 saturated heterocycles. The van der Waals surface area contributed by atoms with Crippen molar-refractivity contribution in [3.05, 3.63) is 32.6 Å². The highest BCUT2D eigenvalue weighted by molar-refractivity contribution is 7.98. The quantitative estimate of drug-likeness (QED) is 0.512. The number of thioether (sulfide) groups is 1. The van der Waals surface area contributed by atoms with Crippen molar-refractivity contribution >= 4 is 33.3 Å². The van der Waals surface area contributed by atoms with E-state index >= 15 is 0 Å². The van der Waals surface area contributed by atoms with E-state index in [1.54, 1.807) is 22.8 Å². The fraction of sp³-hybridized carbons (Fsp3) is 0.529. The van der Waals surface area contributed by atoms with Gasteiger partial charge in [-0.15, -0.1) is 21.5 Å². The highest BCUT2D eigenvalue weighted by atomic mass is 32.2. The van der Waals surface area contributed by atoms with Gasteiger partial charge in [0.25, 0.3) is 5.56 Å². The molecule has 0 bridgehead atoms. The predicted molar refractivity (Wildman–Crippen MR) is 99.3 cm³/mol. The van der Waals surface area contributed by atoms with Crippen LogP contribution in [0, 0.1) is 12.8 Å². The first-order valence-corrected chi connectivity index (χ1v) is 10.3. The smallest absolute Gasteiger partial charge is 0.263 e. The Morgan fingerprint density at radius 3 is 2.96 bits per heavy atom. The summed E-state index contributed by atoms with van der Waals surface area (Å²) in [5, 5.41) is 9.42. The molecule has 3 heterocycles. The lowest BCUT2D eigenvalue weighted by Crippen LogP contribution is -2.23. The van der Waals surface area contributed by atoms with E-state index in [9.17, 15) is 4.79 Å². The van der Waals surface area contributed by atoms with E-state index in [4.69, 9.17) is 9.40 Å². The molecule has 0 fully saturated rings. The van der Waals surface area contributed by atoms with E-state index in [1.165, 1.54) is 22.2 Å². The Morgan fingerprint density at radius 2 is 2.24 bits per heavy atom. The van der Waals surface area contributed by atoms with Crippen LogP contribution in [0.2, 0.25) is 0 Å². The second kappa shape index (κ2) is 6.57. The van der Waals surface area contributed by atoms with Crippen LogP contribution in [0.3, 0.4) is 0 Å². The van der Waals surface area contributed by atoms with Crippen molar-refractivity contribution in [1.29, 1.82) is 0 Å². The molecule has 1 aliphatic carbocycles. The highest BCUT2D eigenvalue weighted by Gasteiger charge is 2.24. The van der Waals surface area contributed by atoms with Crippen molar-refractivity contribution in [3.63, 3.8) is 0 Å². The Labute approximate surface area is 153 Å². The molecule has 0 unspecified atom stereocenters. The molecule has 0 spiro atoms. The maximum Gasteiger partial charge on any atom is 0.263 e. The lowest BCUT2D eigenvalue weighted by atomic mass is 9.89. The molecule has 25 heavy (non-hydrogen) atoms. The normalized spacial score (nSPS) is 17.2. The Hall–Kier alpha value is -1.67. The Balaban J connectivity index is 1.75. The molecule has 0 aromatic carbocycles. The third-order valence-electron chi connectivity index (χ3n) is 4.59. The SMILES string of the molecule is CCn1c(SCc2nnc(C)o2)nc2sc3c(c2c1=O)CC[C@H](C)C3. The summed E-state index contributed by atoms with van der Waals surface area (Å²) in [6, 6.07) is 0. The molecular weight excluding hydrogens is 356 g/mol. The maximum atomic E-state index is 13.1. The number of thiophene rings is 1. The van der Waals surface area contributed by atoms with E-state index in [1.807, 2.05) is 6.92 Å². The van der Waals surface area contributed by atoms with Crippen LogP contribution >= 0.6 is 23.1 Å². The van der Waals surface area contributed by atoms with Crippen LogP contribution in [-0.4, -0.2) is 19.7 Å². The van der Waals surface area contributed by atoms with Crippen LogP contribution in [0.15, 0.2) is 14.4 Å². The largest absolute Gasteiger partial charge is 0.425 e. The molecule has 4 rings (SSSR count). The summed E-state index contributed by atoms with van der Waals surface area (Å²) in [6.07, 6.45) is 3.20. The standard InChI is InChI=1S/C17H20N4O2S2/c1-4-21-16(22)14-11-6-5-9(2)7-12(11)25-15(14)18-17(21)24-8-13-20-19-10(3)23-13/h9H,4-8H2,1-3H3/t9-/m0/s1. The Morgan fingerprint density at radius 1 is 1.40 bits per heavy atom. The summed E-state index contributed by atoms with van der Waals surface area (Å²) >= 11 is 3.16. The molecule has 3 aromatic heterocycles. The third-order valence-corrected chi connectivity index (χ3v) is 6.70. The zero-order chi connectivity index (χ0) is 17.6. The number of hydrogen-bond acceptors (Lipinski definition) is 7. The molecule has 1 atom stereocenters. The van der Waals surface area contributed by atoms with Gasteiger partial charge >= 0.3 is 0 Å². The Bertz CT molecular complexity index is 989. The average molecular weight is 377 g/mol. The summed E-state index contributed by atoms with van der Waals surface area (Å²) in [7, 11) is 0. The van der Waals surface area contributed by atoms with E-state index < -0.39 is 0 Å². The first-order valence-electron chi connectivity index (χ1n) is 8.53. The van der Waals surface area contributed by atoms with E-state index in [-0.39, 0.29) is 5.56 Å². The average Bonchev–Trinajstić information content (AvgIpc) is 3.15. The van der Waals surface area contributed by atoms with Crippen LogP contribution in [0.1, 0.15) is 42.5 Å². The summed E-state index contributed by atoms with van der Waals surface area (Å²) in [4.78, 5) is 20.1. The van der Waals surface area contributed by atoms with E-state index in [2.05, 4.69) is 17.1 Å². The summed E-state index contributed by atoms with van der Waals surface area (Å²) in [5.74, 6) is 2.30. The third kappa shape index (κ3) is 3.01. The van der Waals surface area contributed by atoms with E-state index in [0.29, 0.717) is 30.0 Å². The fourth-order valence-corrected chi connectivity index (χ4v) is 5.64. The zero-order valence-corrected chi connectivity index (χ0v) is 16.2. The van der Waals surface area contributed by atoms with Crippen molar-refractivity contribution in [2.45, 2.75) is 57.5 Å². The van der Waals surface area contributed by atoms with Gasteiger partial charge in [0, 0.05) is 18.3 Å². The molecule has 6 nitrogen and oxygen atoms in total.